The zero-order chi connectivity index (χ0) is 21.1. The highest BCUT2D eigenvalue weighted by molar-refractivity contribution is 6.31. The van der Waals surface area contributed by atoms with Crippen LogP contribution in [0.3, 0.4) is 0 Å². The predicted octanol–water partition coefficient (Wildman–Crippen LogP) is 4.09. The van der Waals surface area contributed by atoms with Gasteiger partial charge >= 0.3 is 0 Å². The third kappa shape index (κ3) is 4.01. The second-order valence-corrected chi connectivity index (χ2v) is 6.60. The van der Waals surface area contributed by atoms with E-state index in [4.69, 9.17) is 20.8 Å². The van der Waals surface area contributed by atoms with Crippen LogP contribution in [0.2, 0.25) is 5.02 Å². The summed E-state index contributed by atoms with van der Waals surface area (Å²) in [5.74, 6) is -0.210. The second-order valence-electron chi connectivity index (χ2n) is 6.19. The molecular formula is C20H15ClFN5O3. The largest absolute Gasteiger partial charge is 0.469 e. The van der Waals surface area contributed by atoms with Gasteiger partial charge in [-0.15, -0.1) is 10.2 Å². The molecule has 0 radical (unpaired) electrons. The number of anilines is 2. The maximum atomic E-state index is 13.4. The van der Waals surface area contributed by atoms with Crippen LogP contribution in [-0.4, -0.2) is 28.1 Å². The molecule has 8 nitrogen and oxygen atoms in total. The van der Waals surface area contributed by atoms with Crippen molar-refractivity contribution < 1.29 is 18.3 Å². The molecule has 1 aromatic carbocycles. The lowest BCUT2D eigenvalue weighted by Gasteiger charge is -2.09. The van der Waals surface area contributed by atoms with E-state index in [1.54, 1.807) is 18.2 Å². The molecule has 0 bridgehead atoms. The van der Waals surface area contributed by atoms with E-state index in [1.807, 2.05) is 0 Å². The van der Waals surface area contributed by atoms with E-state index >= 15 is 0 Å². The summed E-state index contributed by atoms with van der Waals surface area (Å²) in [7, 11) is 1.53. The predicted molar refractivity (Wildman–Crippen MR) is 108 cm³/mol. The Hall–Kier alpha value is -3.72. The zero-order valence-electron chi connectivity index (χ0n) is 15.6. The van der Waals surface area contributed by atoms with Crippen molar-refractivity contribution in [2.24, 2.45) is 0 Å². The first-order chi connectivity index (χ1) is 14.5. The molecule has 4 rings (SSSR count). The van der Waals surface area contributed by atoms with Crippen LogP contribution in [0.5, 0.6) is 5.88 Å². The molecule has 30 heavy (non-hydrogen) atoms. The molecule has 1 amide bonds. The van der Waals surface area contributed by atoms with E-state index in [0.29, 0.717) is 22.5 Å². The first kappa shape index (κ1) is 19.6. The van der Waals surface area contributed by atoms with Crippen molar-refractivity contribution in [1.82, 2.24) is 20.5 Å². The number of furan rings is 1. The van der Waals surface area contributed by atoms with Crippen LogP contribution in [0.25, 0.3) is 11.0 Å². The van der Waals surface area contributed by atoms with Crippen molar-refractivity contribution >= 4 is 40.0 Å². The van der Waals surface area contributed by atoms with Crippen molar-refractivity contribution in [3.05, 3.63) is 71.0 Å². The number of aromatic nitrogens is 3. The maximum Gasteiger partial charge on any atom is 0.278 e. The molecule has 0 spiro atoms. The summed E-state index contributed by atoms with van der Waals surface area (Å²) < 4.78 is 24.6. The summed E-state index contributed by atoms with van der Waals surface area (Å²) in [5, 5.41) is 14.4. The molecule has 10 heteroatoms. The molecule has 0 atom stereocenters. The van der Waals surface area contributed by atoms with Gasteiger partial charge < -0.3 is 19.8 Å². The minimum Gasteiger partial charge on any atom is -0.469 e. The van der Waals surface area contributed by atoms with E-state index in [-0.39, 0.29) is 29.1 Å². The Kier molecular flexibility index (Phi) is 5.44. The highest BCUT2D eigenvalue weighted by Crippen LogP contribution is 2.31. The Labute approximate surface area is 175 Å². The SMILES string of the molecule is CNC(=O)c1cc(COc2nnc(Nc3ccc(F)c(Cl)c3)c3ccoc23)ccn1. The molecule has 0 aliphatic rings. The molecule has 0 fully saturated rings. The molecule has 0 saturated heterocycles. The normalized spacial score (nSPS) is 10.8. The number of hydrogen-bond acceptors (Lipinski definition) is 7. The standard InChI is InChI=1S/C20H15ClFN5O3/c1-23-19(28)16-8-11(4-6-24-16)10-30-20-17-13(5-7-29-17)18(26-27-20)25-12-2-3-15(22)14(21)9-12/h2-9H,10H2,1H3,(H,23,28)(H,25,26). The second kappa shape index (κ2) is 8.34. The summed E-state index contributed by atoms with van der Waals surface area (Å²) in [6.45, 7) is 0.136. The summed E-state index contributed by atoms with van der Waals surface area (Å²) in [5.41, 5.74) is 1.95. The fourth-order valence-electron chi connectivity index (χ4n) is 2.72. The number of nitrogens with zero attached hydrogens (tertiary/aromatic N) is 3. The van der Waals surface area contributed by atoms with Gasteiger partial charge in [-0.05, 0) is 42.0 Å². The Morgan fingerprint density at radius 1 is 1.23 bits per heavy atom. The van der Waals surface area contributed by atoms with Crippen LogP contribution in [0.4, 0.5) is 15.9 Å². The van der Waals surface area contributed by atoms with E-state index in [9.17, 15) is 9.18 Å². The van der Waals surface area contributed by atoms with Crippen molar-refractivity contribution in [3.63, 3.8) is 0 Å². The molecule has 0 saturated carbocycles. The molecule has 152 valence electrons. The molecule has 3 heterocycles. The van der Waals surface area contributed by atoms with Crippen LogP contribution < -0.4 is 15.4 Å². The van der Waals surface area contributed by atoms with Gasteiger partial charge in [-0.3, -0.25) is 9.78 Å². The molecule has 0 aliphatic heterocycles. The van der Waals surface area contributed by atoms with E-state index < -0.39 is 5.82 Å². The van der Waals surface area contributed by atoms with Gasteiger partial charge in [-0.2, -0.15) is 0 Å². The number of hydrogen-bond donors (Lipinski definition) is 2. The number of ether oxygens (including phenoxy) is 1. The van der Waals surface area contributed by atoms with Crippen LogP contribution in [0.15, 0.2) is 53.3 Å². The Balaban J connectivity index is 1.55. The average molecular weight is 428 g/mol. The fourth-order valence-corrected chi connectivity index (χ4v) is 2.90. The van der Waals surface area contributed by atoms with Gasteiger partial charge in [-0.25, -0.2) is 4.39 Å². The van der Waals surface area contributed by atoms with Crippen molar-refractivity contribution in [2.45, 2.75) is 6.61 Å². The van der Waals surface area contributed by atoms with Gasteiger partial charge in [0, 0.05) is 18.9 Å². The summed E-state index contributed by atoms with van der Waals surface area (Å²) in [6.07, 6.45) is 3.01. The Morgan fingerprint density at radius 2 is 2.10 bits per heavy atom. The number of rotatable bonds is 6. The molecule has 2 N–H and O–H groups in total. The van der Waals surface area contributed by atoms with Crippen LogP contribution in [0, 0.1) is 5.82 Å². The number of amides is 1. The van der Waals surface area contributed by atoms with E-state index in [2.05, 4.69) is 25.8 Å². The number of carbonyl (C=O) groups excluding carboxylic acids is 1. The number of nitrogens with one attached hydrogen (secondary N) is 2. The summed E-state index contributed by atoms with van der Waals surface area (Å²) in [4.78, 5) is 15.7. The van der Waals surface area contributed by atoms with Gasteiger partial charge in [0.2, 0.25) is 5.58 Å². The molecule has 0 unspecified atom stereocenters. The number of fused-ring (bicyclic) bond motifs is 1. The number of pyridine rings is 1. The fraction of sp³-hybridized carbons (Fsp3) is 0.100. The first-order valence-corrected chi connectivity index (χ1v) is 9.18. The lowest BCUT2D eigenvalue weighted by molar-refractivity contribution is 0.0958. The Bertz CT molecular complexity index is 1230. The van der Waals surface area contributed by atoms with Crippen LogP contribution in [0.1, 0.15) is 16.1 Å². The lowest BCUT2D eigenvalue weighted by Crippen LogP contribution is -2.19. The summed E-state index contributed by atoms with van der Waals surface area (Å²) in [6, 6.07) is 9.30. The minimum atomic E-state index is -0.513. The van der Waals surface area contributed by atoms with Gasteiger partial charge in [0.05, 0.1) is 16.7 Å². The molecule has 0 aliphatic carbocycles. The quantitative estimate of drug-likeness (QED) is 0.477. The van der Waals surface area contributed by atoms with Gasteiger partial charge in [-0.1, -0.05) is 11.6 Å². The van der Waals surface area contributed by atoms with Crippen molar-refractivity contribution in [1.29, 1.82) is 0 Å². The average Bonchev–Trinajstić information content (AvgIpc) is 3.26. The van der Waals surface area contributed by atoms with Gasteiger partial charge in [0.1, 0.15) is 18.1 Å². The third-order valence-electron chi connectivity index (χ3n) is 4.20. The number of benzene rings is 1. The van der Waals surface area contributed by atoms with E-state index in [0.717, 1.165) is 5.56 Å². The minimum absolute atomic E-state index is 0.00942. The first-order valence-electron chi connectivity index (χ1n) is 8.81. The molecular weight excluding hydrogens is 413 g/mol. The van der Waals surface area contributed by atoms with Crippen LogP contribution in [-0.2, 0) is 6.61 Å². The van der Waals surface area contributed by atoms with Crippen molar-refractivity contribution in [3.8, 4) is 5.88 Å². The smallest absolute Gasteiger partial charge is 0.278 e. The van der Waals surface area contributed by atoms with E-state index in [1.165, 1.54) is 37.7 Å². The number of carbonyl (C=O) groups is 1. The monoisotopic (exact) mass is 427 g/mol. The lowest BCUT2D eigenvalue weighted by atomic mass is 10.2. The van der Waals surface area contributed by atoms with Crippen molar-refractivity contribution in [2.75, 3.05) is 12.4 Å². The zero-order valence-corrected chi connectivity index (χ0v) is 16.4. The summed E-state index contributed by atoms with van der Waals surface area (Å²) >= 11 is 5.82. The molecule has 3 aromatic heterocycles. The highest BCUT2D eigenvalue weighted by atomic mass is 35.5. The molecule has 4 aromatic rings. The Morgan fingerprint density at radius 3 is 2.90 bits per heavy atom. The van der Waals surface area contributed by atoms with Gasteiger partial charge in [0.25, 0.3) is 11.8 Å². The number of halogens is 2. The van der Waals surface area contributed by atoms with Crippen LogP contribution >= 0.6 is 11.6 Å². The maximum absolute atomic E-state index is 13.4. The third-order valence-corrected chi connectivity index (χ3v) is 4.49. The van der Waals surface area contributed by atoms with Gasteiger partial charge in [0.15, 0.2) is 5.82 Å². The highest BCUT2D eigenvalue weighted by Gasteiger charge is 2.15. The topological polar surface area (TPSA) is 102 Å².